The van der Waals surface area contributed by atoms with E-state index < -0.39 is 0 Å². The Balaban J connectivity index is 1.60. The first-order valence-electron chi connectivity index (χ1n) is 7.98. The Kier molecular flexibility index (Phi) is 4.41. The van der Waals surface area contributed by atoms with Crippen molar-refractivity contribution in [3.8, 4) is 0 Å². The summed E-state index contributed by atoms with van der Waals surface area (Å²) in [4.78, 5) is 2.14. The monoisotopic (exact) mass is 303 g/mol. The second-order valence-electron chi connectivity index (χ2n) is 6.12. The van der Waals surface area contributed by atoms with Crippen LogP contribution in [0.15, 0.2) is 22.6 Å². The molecule has 0 amide bonds. The molecule has 0 spiro atoms. The molecule has 22 heavy (non-hydrogen) atoms. The van der Waals surface area contributed by atoms with Gasteiger partial charge in [-0.05, 0) is 49.3 Å². The van der Waals surface area contributed by atoms with Gasteiger partial charge in [-0.2, -0.15) is 0 Å². The zero-order valence-electron chi connectivity index (χ0n) is 13.2. The number of nitrogens with zero attached hydrogens (tertiary/aromatic N) is 3. The van der Waals surface area contributed by atoms with Crippen LogP contribution in [-0.2, 0) is 12.8 Å². The van der Waals surface area contributed by atoms with E-state index in [-0.39, 0.29) is 5.82 Å². The molecule has 1 aliphatic rings. The quantitative estimate of drug-likeness (QED) is 0.847. The first-order chi connectivity index (χ1) is 10.7. The number of aryl methyl sites for hydroxylation is 2. The van der Waals surface area contributed by atoms with Gasteiger partial charge < -0.3 is 9.32 Å². The van der Waals surface area contributed by atoms with Gasteiger partial charge in [0.25, 0.3) is 0 Å². The topological polar surface area (TPSA) is 42.2 Å². The molecular weight excluding hydrogens is 281 g/mol. The van der Waals surface area contributed by atoms with E-state index in [2.05, 4.69) is 22.0 Å². The minimum atomic E-state index is -0.117. The average molecular weight is 303 g/mol. The molecule has 3 rings (SSSR count). The lowest BCUT2D eigenvalue weighted by Gasteiger charge is -2.13. The second kappa shape index (κ2) is 6.46. The lowest BCUT2D eigenvalue weighted by molar-refractivity contribution is 0.484. The van der Waals surface area contributed by atoms with Crippen molar-refractivity contribution in [2.45, 2.75) is 39.5 Å². The van der Waals surface area contributed by atoms with Gasteiger partial charge in [0.15, 0.2) is 0 Å². The number of rotatable bonds is 5. The summed E-state index contributed by atoms with van der Waals surface area (Å²) in [5, 5.41) is 8.21. The van der Waals surface area contributed by atoms with Crippen molar-refractivity contribution >= 4 is 6.01 Å². The van der Waals surface area contributed by atoms with Crippen molar-refractivity contribution in [1.29, 1.82) is 0 Å². The summed E-state index contributed by atoms with van der Waals surface area (Å²) in [7, 11) is 0. The third-order valence-electron chi connectivity index (χ3n) is 4.24. The maximum atomic E-state index is 13.6. The predicted molar refractivity (Wildman–Crippen MR) is 83.5 cm³/mol. The highest BCUT2D eigenvalue weighted by atomic mass is 19.1. The maximum Gasteiger partial charge on any atom is 0.318 e. The molecule has 0 aliphatic carbocycles. The molecule has 5 heteroatoms. The summed E-state index contributed by atoms with van der Waals surface area (Å²) < 4.78 is 19.3. The van der Waals surface area contributed by atoms with Crippen LogP contribution in [-0.4, -0.2) is 23.3 Å². The van der Waals surface area contributed by atoms with Gasteiger partial charge in [-0.1, -0.05) is 24.2 Å². The van der Waals surface area contributed by atoms with Gasteiger partial charge in [-0.25, -0.2) is 4.39 Å². The van der Waals surface area contributed by atoms with Gasteiger partial charge in [0.05, 0.1) is 0 Å². The molecule has 2 heterocycles. The van der Waals surface area contributed by atoms with Crippen LogP contribution in [0.1, 0.15) is 36.8 Å². The Labute approximate surface area is 130 Å². The highest BCUT2D eigenvalue weighted by molar-refractivity contribution is 5.28. The van der Waals surface area contributed by atoms with E-state index in [1.54, 1.807) is 13.0 Å². The Hall–Kier alpha value is -1.91. The fourth-order valence-electron chi connectivity index (χ4n) is 2.96. The van der Waals surface area contributed by atoms with Crippen LogP contribution in [0, 0.1) is 18.7 Å². The first kappa shape index (κ1) is 15.0. The van der Waals surface area contributed by atoms with Crippen molar-refractivity contribution in [1.82, 2.24) is 10.2 Å². The molecule has 0 saturated carbocycles. The largest absolute Gasteiger partial charge is 0.408 e. The first-order valence-corrected chi connectivity index (χ1v) is 7.98. The molecule has 1 aliphatic heterocycles. The summed E-state index contributed by atoms with van der Waals surface area (Å²) >= 11 is 0. The smallest absolute Gasteiger partial charge is 0.318 e. The SMILES string of the molecule is CCCc1nnc(N2CCC(Cc3ccc(C)c(F)c3)C2)o1. The molecule has 118 valence electrons. The van der Waals surface area contributed by atoms with Crippen molar-refractivity contribution in [3.05, 3.63) is 41.0 Å². The zero-order valence-corrected chi connectivity index (χ0v) is 13.2. The number of anilines is 1. The molecule has 2 aromatic rings. The lowest BCUT2D eigenvalue weighted by atomic mass is 9.98. The van der Waals surface area contributed by atoms with Crippen LogP contribution in [0.25, 0.3) is 0 Å². The van der Waals surface area contributed by atoms with Crippen LogP contribution < -0.4 is 4.90 Å². The molecule has 0 N–H and O–H groups in total. The van der Waals surface area contributed by atoms with Crippen LogP contribution >= 0.6 is 0 Å². The maximum absolute atomic E-state index is 13.6. The van der Waals surface area contributed by atoms with Gasteiger partial charge in [0.1, 0.15) is 5.82 Å². The number of hydrogen-bond acceptors (Lipinski definition) is 4. The highest BCUT2D eigenvalue weighted by Crippen LogP contribution is 2.26. The molecule has 1 saturated heterocycles. The molecule has 1 atom stereocenters. The molecule has 1 aromatic carbocycles. The summed E-state index contributed by atoms with van der Waals surface area (Å²) in [6.45, 7) is 5.70. The van der Waals surface area contributed by atoms with Gasteiger partial charge in [0.2, 0.25) is 5.89 Å². The minimum absolute atomic E-state index is 0.117. The standard InChI is InChI=1S/C17H22FN3O/c1-3-4-16-19-20-17(22-16)21-8-7-14(11-21)9-13-6-5-12(2)15(18)10-13/h5-6,10,14H,3-4,7-9,11H2,1-2H3. The molecule has 4 nitrogen and oxygen atoms in total. The minimum Gasteiger partial charge on any atom is -0.408 e. The summed E-state index contributed by atoms with van der Waals surface area (Å²) in [5.74, 6) is 1.10. The number of hydrogen-bond donors (Lipinski definition) is 0. The van der Waals surface area contributed by atoms with E-state index in [1.807, 2.05) is 12.1 Å². The van der Waals surface area contributed by atoms with Gasteiger partial charge >= 0.3 is 6.01 Å². The summed E-state index contributed by atoms with van der Waals surface area (Å²) in [6, 6.07) is 6.16. The molecule has 1 aromatic heterocycles. The highest BCUT2D eigenvalue weighted by Gasteiger charge is 2.26. The fourth-order valence-corrected chi connectivity index (χ4v) is 2.96. The van der Waals surface area contributed by atoms with E-state index in [0.29, 0.717) is 23.4 Å². The van der Waals surface area contributed by atoms with Gasteiger partial charge in [0, 0.05) is 19.5 Å². The van der Waals surface area contributed by atoms with Crippen LogP contribution in [0.5, 0.6) is 0 Å². The van der Waals surface area contributed by atoms with Crippen molar-refractivity contribution in [2.24, 2.45) is 5.92 Å². The van der Waals surface area contributed by atoms with Crippen LogP contribution in [0.2, 0.25) is 0 Å². The normalized spacial score (nSPS) is 18.1. The van der Waals surface area contributed by atoms with Crippen molar-refractivity contribution in [3.63, 3.8) is 0 Å². The number of benzene rings is 1. The molecule has 1 unspecified atom stereocenters. The average Bonchev–Trinajstić information content (AvgIpc) is 3.12. The lowest BCUT2D eigenvalue weighted by Crippen LogP contribution is -2.20. The predicted octanol–water partition coefficient (Wildman–Crippen LogP) is 3.54. The van der Waals surface area contributed by atoms with Crippen molar-refractivity contribution in [2.75, 3.05) is 18.0 Å². The number of halogens is 1. The Morgan fingerprint density at radius 1 is 1.36 bits per heavy atom. The van der Waals surface area contributed by atoms with E-state index in [4.69, 9.17) is 4.42 Å². The third kappa shape index (κ3) is 3.29. The molecule has 0 radical (unpaired) electrons. The number of aromatic nitrogens is 2. The van der Waals surface area contributed by atoms with Gasteiger partial charge in [-0.15, -0.1) is 5.10 Å². The molecular formula is C17H22FN3O. The zero-order chi connectivity index (χ0) is 15.5. The van der Waals surface area contributed by atoms with E-state index in [1.165, 1.54) is 0 Å². The second-order valence-corrected chi connectivity index (χ2v) is 6.12. The molecule has 1 fully saturated rings. The van der Waals surface area contributed by atoms with E-state index >= 15 is 0 Å². The summed E-state index contributed by atoms with van der Waals surface area (Å²) in [6.07, 6.45) is 3.79. The van der Waals surface area contributed by atoms with E-state index in [9.17, 15) is 4.39 Å². The van der Waals surface area contributed by atoms with Crippen molar-refractivity contribution < 1.29 is 8.81 Å². The van der Waals surface area contributed by atoms with E-state index in [0.717, 1.165) is 44.3 Å². The van der Waals surface area contributed by atoms with Crippen LogP contribution in [0.3, 0.4) is 0 Å². The fraction of sp³-hybridized carbons (Fsp3) is 0.529. The summed E-state index contributed by atoms with van der Waals surface area (Å²) in [5.41, 5.74) is 1.76. The van der Waals surface area contributed by atoms with Crippen LogP contribution in [0.4, 0.5) is 10.4 Å². The third-order valence-corrected chi connectivity index (χ3v) is 4.24. The molecule has 0 bridgehead atoms. The Morgan fingerprint density at radius 2 is 2.23 bits per heavy atom. The Bertz CT molecular complexity index is 641. The van der Waals surface area contributed by atoms with Gasteiger partial charge in [-0.3, -0.25) is 0 Å². The Morgan fingerprint density at radius 3 is 3.00 bits per heavy atom.